The zero-order valence-electron chi connectivity index (χ0n) is 16.2. The molecule has 0 aliphatic heterocycles. The van der Waals surface area contributed by atoms with Crippen molar-refractivity contribution in [2.75, 3.05) is 13.2 Å². The number of nitriles is 1. The lowest BCUT2D eigenvalue weighted by atomic mass is 10.2. The van der Waals surface area contributed by atoms with E-state index in [0.29, 0.717) is 11.3 Å². The number of aliphatic hydroxyl groups excluding tert-OH is 1. The van der Waals surface area contributed by atoms with E-state index in [0.717, 1.165) is 6.07 Å². The molecule has 0 aliphatic carbocycles. The predicted octanol–water partition coefficient (Wildman–Crippen LogP) is 2.57. The molecule has 3 N–H and O–H groups in total. The highest BCUT2D eigenvalue weighted by atomic mass is 19.4. The van der Waals surface area contributed by atoms with Crippen LogP contribution in [0.3, 0.4) is 0 Å². The Morgan fingerprint density at radius 3 is 2.68 bits per heavy atom. The zero-order chi connectivity index (χ0) is 22.6. The highest BCUT2D eigenvalue weighted by Crippen LogP contribution is 2.30. The lowest BCUT2D eigenvalue weighted by Crippen LogP contribution is -2.19. The first-order valence-electron chi connectivity index (χ1n) is 8.89. The van der Waals surface area contributed by atoms with Gasteiger partial charge < -0.3 is 20.3 Å². The molecule has 3 aromatic rings. The Hall–Kier alpha value is -3.69. The molecule has 0 radical (unpaired) electrons. The molecule has 2 aromatic heterocycles. The summed E-state index contributed by atoms with van der Waals surface area (Å²) in [5.41, 5.74) is 6.59. The van der Waals surface area contributed by atoms with E-state index in [1.807, 2.05) is 6.07 Å². The van der Waals surface area contributed by atoms with Gasteiger partial charge in [0.25, 0.3) is 0 Å². The second kappa shape index (κ2) is 8.99. The van der Waals surface area contributed by atoms with E-state index in [2.05, 4.69) is 19.8 Å². The van der Waals surface area contributed by atoms with Gasteiger partial charge >= 0.3 is 6.18 Å². The van der Waals surface area contributed by atoms with E-state index >= 15 is 0 Å². The van der Waals surface area contributed by atoms with E-state index in [1.165, 1.54) is 36.1 Å². The summed E-state index contributed by atoms with van der Waals surface area (Å²) in [6.07, 6.45) is -2.47. The lowest BCUT2D eigenvalue weighted by molar-refractivity contribution is -0.154. The maximum absolute atomic E-state index is 12.4. The van der Waals surface area contributed by atoms with Gasteiger partial charge in [-0.1, -0.05) is 0 Å². The largest absolute Gasteiger partial charge is 0.468 e. The van der Waals surface area contributed by atoms with Crippen molar-refractivity contribution in [2.24, 2.45) is 5.73 Å². The van der Waals surface area contributed by atoms with Crippen molar-refractivity contribution >= 4 is 0 Å². The fraction of sp³-hybridized carbons (Fsp3) is 0.263. The molecule has 0 spiro atoms. The molecule has 0 saturated carbocycles. The summed E-state index contributed by atoms with van der Waals surface area (Å²) in [5.74, 6) is -0.128. The van der Waals surface area contributed by atoms with Crippen molar-refractivity contribution in [2.45, 2.75) is 19.2 Å². The second-order valence-electron chi connectivity index (χ2n) is 6.36. The Kier molecular flexibility index (Phi) is 6.38. The number of halogens is 3. The van der Waals surface area contributed by atoms with Gasteiger partial charge in [-0.25, -0.2) is 4.68 Å². The molecule has 9 nitrogen and oxygen atoms in total. The van der Waals surface area contributed by atoms with E-state index in [9.17, 15) is 23.5 Å². The number of nitrogens with two attached hydrogens (primary N) is 1. The molecule has 2 heterocycles. The predicted molar refractivity (Wildman–Crippen MR) is 101 cm³/mol. The standard InChI is InChI=1S/C19H17F3N6O3/c1-11-26-17(30-10-19(20,21)22)5-18(27-11)31-16-4-12(6-23)2-3-14(16)28-9-13(8-25-28)15(29)7-24/h2-5,8-9,15,29H,7,10,24H2,1H3/t15-/m0/s1. The van der Waals surface area contributed by atoms with Crippen LogP contribution < -0.4 is 15.2 Å². The van der Waals surface area contributed by atoms with Crippen LogP contribution in [-0.2, 0) is 0 Å². The van der Waals surface area contributed by atoms with E-state index < -0.39 is 18.9 Å². The van der Waals surface area contributed by atoms with Crippen LogP contribution >= 0.6 is 0 Å². The molecule has 3 rings (SSSR count). The lowest BCUT2D eigenvalue weighted by Gasteiger charge is -2.13. The molecular formula is C19H17F3N6O3. The Labute approximate surface area is 174 Å². The Bertz CT molecular complexity index is 1110. The number of nitrogens with zero attached hydrogens (tertiary/aromatic N) is 5. The molecule has 162 valence electrons. The summed E-state index contributed by atoms with van der Waals surface area (Å²) in [7, 11) is 0. The molecule has 1 atom stereocenters. The number of hydrogen-bond acceptors (Lipinski definition) is 8. The molecule has 0 amide bonds. The van der Waals surface area contributed by atoms with Gasteiger partial charge in [0, 0.05) is 24.4 Å². The van der Waals surface area contributed by atoms with Crippen molar-refractivity contribution in [1.29, 1.82) is 5.26 Å². The van der Waals surface area contributed by atoms with Gasteiger partial charge in [-0.2, -0.15) is 33.5 Å². The SMILES string of the molecule is Cc1nc(OCC(F)(F)F)cc(Oc2cc(C#N)ccc2-n2cc([C@@H](O)CN)cn2)n1. The quantitative estimate of drug-likeness (QED) is 0.580. The van der Waals surface area contributed by atoms with Gasteiger partial charge in [-0.15, -0.1) is 0 Å². The summed E-state index contributed by atoms with van der Waals surface area (Å²) < 4.78 is 49.1. The highest BCUT2D eigenvalue weighted by Gasteiger charge is 2.29. The topological polar surface area (TPSA) is 132 Å². The smallest absolute Gasteiger partial charge is 0.422 e. The van der Waals surface area contributed by atoms with Crippen LogP contribution in [-0.4, -0.2) is 44.2 Å². The Morgan fingerprint density at radius 2 is 2.00 bits per heavy atom. The number of aromatic nitrogens is 4. The molecular weight excluding hydrogens is 417 g/mol. The Balaban J connectivity index is 1.95. The summed E-state index contributed by atoms with van der Waals surface area (Å²) in [5, 5.41) is 23.2. The second-order valence-corrected chi connectivity index (χ2v) is 6.36. The van der Waals surface area contributed by atoms with Gasteiger partial charge in [0.1, 0.15) is 11.5 Å². The fourth-order valence-electron chi connectivity index (χ4n) is 2.54. The third kappa shape index (κ3) is 5.68. The van der Waals surface area contributed by atoms with E-state index in [-0.39, 0.29) is 35.4 Å². The molecule has 31 heavy (non-hydrogen) atoms. The first-order valence-corrected chi connectivity index (χ1v) is 8.89. The molecule has 0 unspecified atom stereocenters. The molecule has 0 aliphatic rings. The molecule has 0 bridgehead atoms. The number of aliphatic hydroxyl groups is 1. The van der Waals surface area contributed by atoms with Crippen LogP contribution in [0.4, 0.5) is 13.2 Å². The van der Waals surface area contributed by atoms with E-state index in [4.69, 9.17) is 10.5 Å². The fourth-order valence-corrected chi connectivity index (χ4v) is 2.54. The van der Waals surface area contributed by atoms with Crippen LogP contribution in [0.25, 0.3) is 5.69 Å². The van der Waals surface area contributed by atoms with Crippen molar-refractivity contribution in [3.8, 4) is 29.3 Å². The van der Waals surface area contributed by atoms with Crippen LogP contribution in [0, 0.1) is 18.3 Å². The normalized spacial score (nSPS) is 12.3. The minimum Gasteiger partial charge on any atom is -0.468 e. The monoisotopic (exact) mass is 434 g/mol. The van der Waals surface area contributed by atoms with Crippen LogP contribution in [0.15, 0.2) is 36.7 Å². The van der Waals surface area contributed by atoms with Crippen LogP contribution in [0.1, 0.15) is 23.1 Å². The Morgan fingerprint density at radius 1 is 1.26 bits per heavy atom. The average Bonchev–Trinajstić information content (AvgIpc) is 3.20. The maximum Gasteiger partial charge on any atom is 0.422 e. The molecule has 1 aromatic carbocycles. The maximum atomic E-state index is 12.4. The van der Waals surface area contributed by atoms with Gasteiger partial charge in [0.15, 0.2) is 12.4 Å². The minimum atomic E-state index is -4.53. The van der Waals surface area contributed by atoms with Crippen molar-refractivity contribution in [1.82, 2.24) is 19.7 Å². The van der Waals surface area contributed by atoms with Gasteiger partial charge in [0.2, 0.25) is 11.8 Å². The average molecular weight is 434 g/mol. The molecule has 0 fully saturated rings. The number of ether oxygens (including phenoxy) is 2. The van der Waals surface area contributed by atoms with Crippen molar-refractivity contribution in [3.63, 3.8) is 0 Å². The molecule has 12 heteroatoms. The number of benzene rings is 1. The van der Waals surface area contributed by atoms with E-state index in [1.54, 1.807) is 6.07 Å². The third-order valence-corrected chi connectivity index (χ3v) is 3.94. The summed E-state index contributed by atoms with van der Waals surface area (Å²) >= 11 is 0. The first-order chi connectivity index (χ1) is 14.7. The van der Waals surface area contributed by atoms with Crippen molar-refractivity contribution in [3.05, 3.63) is 53.6 Å². The van der Waals surface area contributed by atoms with Crippen molar-refractivity contribution < 1.29 is 27.8 Å². The van der Waals surface area contributed by atoms with Crippen LogP contribution in [0.2, 0.25) is 0 Å². The van der Waals surface area contributed by atoms with Gasteiger partial charge in [-0.3, -0.25) is 0 Å². The number of hydrogen-bond donors (Lipinski definition) is 2. The summed E-state index contributed by atoms with van der Waals surface area (Å²) in [6.45, 7) is -0.0468. The third-order valence-electron chi connectivity index (χ3n) is 3.94. The minimum absolute atomic E-state index is 0.00331. The number of aryl methyl sites for hydroxylation is 1. The first kappa shape index (κ1) is 22.0. The summed E-state index contributed by atoms with van der Waals surface area (Å²) in [6, 6.07) is 7.60. The number of alkyl halides is 3. The molecule has 0 saturated heterocycles. The highest BCUT2D eigenvalue weighted by molar-refractivity contribution is 5.52. The van der Waals surface area contributed by atoms with Gasteiger partial charge in [0.05, 0.1) is 30.0 Å². The van der Waals surface area contributed by atoms with Crippen LogP contribution in [0.5, 0.6) is 17.5 Å². The number of rotatable bonds is 7. The summed E-state index contributed by atoms with van der Waals surface area (Å²) in [4.78, 5) is 7.85. The zero-order valence-corrected chi connectivity index (χ0v) is 16.2. The van der Waals surface area contributed by atoms with Gasteiger partial charge in [-0.05, 0) is 19.1 Å².